The zero-order valence-electron chi connectivity index (χ0n) is 11.9. The summed E-state index contributed by atoms with van der Waals surface area (Å²) in [5.74, 6) is -0.172. The number of hydrogen-bond acceptors (Lipinski definition) is 3. The van der Waals surface area contributed by atoms with Crippen molar-refractivity contribution in [1.82, 2.24) is 0 Å². The number of nitrogens with one attached hydrogen (secondary N) is 1. The van der Waals surface area contributed by atoms with Crippen LogP contribution in [-0.4, -0.2) is 17.0 Å². The van der Waals surface area contributed by atoms with Gasteiger partial charge in [0.25, 0.3) is 0 Å². The van der Waals surface area contributed by atoms with E-state index < -0.39 is 5.41 Å². The zero-order chi connectivity index (χ0) is 14.8. The van der Waals surface area contributed by atoms with E-state index in [0.29, 0.717) is 12.8 Å². The normalized spacial score (nSPS) is 18.0. The van der Waals surface area contributed by atoms with Crippen LogP contribution in [0.1, 0.15) is 36.8 Å². The quantitative estimate of drug-likeness (QED) is 0.343. The number of anilines is 1. The maximum Gasteiger partial charge on any atom is 0.238 e. The number of amidine groups is 1. The first-order valence-corrected chi connectivity index (χ1v) is 6.86. The second-order valence-electron chi connectivity index (χ2n) is 5.55. The van der Waals surface area contributed by atoms with Gasteiger partial charge < -0.3 is 16.3 Å². The van der Waals surface area contributed by atoms with E-state index in [1.165, 1.54) is 0 Å². The number of rotatable bonds is 3. The maximum absolute atomic E-state index is 12.6. The summed E-state index contributed by atoms with van der Waals surface area (Å²) in [6.07, 6.45) is 3.08. The molecule has 5 heteroatoms. The molecular weight excluding hydrogens is 254 g/mol. The molecule has 0 aromatic heterocycles. The highest BCUT2D eigenvalue weighted by molar-refractivity contribution is 6.12. The highest BCUT2D eigenvalue weighted by Gasteiger charge is 2.45. The van der Waals surface area contributed by atoms with Crippen molar-refractivity contribution in [1.29, 1.82) is 0 Å². The number of carbonyl (C=O) groups excluding carboxylic acids is 1. The molecule has 0 bridgehead atoms. The standard InChI is InChI=1S/C15H21N3O2/c1-10-5-6-12(11(2)9-10)17-14(19)15(13(16)18-20)7-3-4-8-15/h5-6,9,20H,3-4,7-8H2,1-2H3,(H2,16,18)(H,17,19). The molecule has 1 aliphatic carbocycles. The monoisotopic (exact) mass is 275 g/mol. The summed E-state index contributed by atoms with van der Waals surface area (Å²) in [4.78, 5) is 12.6. The molecule has 0 heterocycles. The van der Waals surface area contributed by atoms with Gasteiger partial charge in [0, 0.05) is 5.69 Å². The minimum Gasteiger partial charge on any atom is -0.409 e. The fourth-order valence-electron chi connectivity index (χ4n) is 2.87. The van der Waals surface area contributed by atoms with Gasteiger partial charge in [0.2, 0.25) is 5.91 Å². The van der Waals surface area contributed by atoms with Gasteiger partial charge in [-0.1, -0.05) is 35.7 Å². The SMILES string of the molecule is Cc1ccc(NC(=O)C2(C(N)=NO)CCCC2)c(C)c1. The summed E-state index contributed by atoms with van der Waals surface area (Å²) in [5.41, 5.74) is 7.83. The van der Waals surface area contributed by atoms with E-state index in [1.54, 1.807) is 0 Å². The Labute approximate surface area is 118 Å². The molecular formula is C15H21N3O2. The van der Waals surface area contributed by atoms with Gasteiger partial charge in [-0.25, -0.2) is 0 Å². The molecule has 0 saturated heterocycles. The summed E-state index contributed by atoms with van der Waals surface area (Å²) in [6, 6.07) is 5.85. The molecule has 1 aromatic rings. The molecule has 2 rings (SSSR count). The molecule has 0 aliphatic heterocycles. The lowest BCUT2D eigenvalue weighted by Crippen LogP contribution is -2.45. The molecule has 1 aromatic carbocycles. The summed E-state index contributed by atoms with van der Waals surface area (Å²) in [5, 5.41) is 14.9. The van der Waals surface area contributed by atoms with Crippen LogP contribution in [0, 0.1) is 19.3 Å². The second-order valence-corrected chi connectivity index (χ2v) is 5.55. The minimum atomic E-state index is -0.869. The molecule has 4 N–H and O–H groups in total. The number of carbonyl (C=O) groups is 1. The van der Waals surface area contributed by atoms with Gasteiger partial charge in [0.1, 0.15) is 5.41 Å². The maximum atomic E-state index is 12.6. The van der Waals surface area contributed by atoms with Gasteiger partial charge in [-0.2, -0.15) is 0 Å². The number of nitrogens with two attached hydrogens (primary N) is 1. The summed E-state index contributed by atoms with van der Waals surface area (Å²) >= 11 is 0. The van der Waals surface area contributed by atoms with Crippen molar-refractivity contribution < 1.29 is 10.0 Å². The first kappa shape index (κ1) is 14.4. The van der Waals surface area contributed by atoms with Crippen molar-refractivity contribution in [3.63, 3.8) is 0 Å². The topological polar surface area (TPSA) is 87.7 Å². The molecule has 5 nitrogen and oxygen atoms in total. The molecule has 108 valence electrons. The Balaban J connectivity index is 2.26. The Kier molecular flexibility index (Phi) is 3.97. The lowest BCUT2D eigenvalue weighted by Gasteiger charge is -2.26. The molecule has 1 amide bonds. The van der Waals surface area contributed by atoms with E-state index >= 15 is 0 Å². The van der Waals surface area contributed by atoms with Crippen LogP contribution in [0.3, 0.4) is 0 Å². The van der Waals surface area contributed by atoms with Crippen LogP contribution >= 0.6 is 0 Å². The van der Waals surface area contributed by atoms with Crippen LogP contribution in [0.25, 0.3) is 0 Å². The van der Waals surface area contributed by atoms with Gasteiger partial charge in [0.05, 0.1) is 0 Å². The van der Waals surface area contributed by atoms with Crippen LogP contribution in [0.15, 0.2) is 23.4 Å². The number of benzene rings is 1. The van der Waals surface area contributed by atoms with E-state index in [0.717, 1.165) is 29.7 Å². The van der Waals surface area contributed by atoms with Gasteiger partial charge in [-0.3, -0.25) is 4.79 Å². The predicted octanol–water partition coefficient (Wildman–Crippen LogP) is 2.55. The fraction of sp³-hybridized carbons (Fsp3) is 0.467. The van der Waals surface area contributed by atoms with Crippen molar-refractivity contribution >= 4 is 17.4 Å². The summed E-state index contributed by atoms with van der Waals surface area (Å²) in [6.45, 7) is 3.96. The van der Waals surface area contributed by atoms with E-state index in [9.17, 15) is 4.79 Å². The van der Waals surface area contributed by atoms with Crippen LogP contribution < -0.4 is 11.1 Å². The fourth-order valence-corrected chi connectivity index (χ4v) is 2.87. The number of amides is 1. The second kappa shape index (κ2) is 5.53. The third-order valence-electron chi connectivity index (χ3n) is 4.12. The molecule has 0 spiro atoms. The molecule has 1 aliphatic rings. The van der Waals surface area contributed by atoms with Gasteiger partial charge in [0.15, 0.2) is 5.84 Å². The number of nitrogens with zero attached hydrogens (tertiary/aromatic N) is 1. The Morgan fingerprint density at radius 3 is 2.55 bits per heavy atom. The predicted molar refractivity (Wildman–Crippen MR) is 78.9 cm³/mol. The lowest BCUT2D eigenvalue weighted by molar-refractivity contribution is -0.122. The molecule has 0 atom stereocenters. The van der Waals surface area contributed by atoms with E-state index in [-0.39, 0.29) is 11.7 Å². The van der Waals surface area contributed by atoms with Crippen molar-refractivity contribution in [2.75, 3.05) is 5.32 Å². The third-order valence-corrected chi connectivity index (χ3v) is 4.12. The van der Waals surface area contributed by atoms with Crippen LogP contribution in [0.4, 0.5) is 5.69 Å². The van der Waals surface area contributed by atoms with Gasteiger partial charge in [-0.15, -0.1) is 0 Å². The first-order valence-electron chi connectivity index (χ1n) is 6.86. The van der Waals surface area contributed by atoms with Crippen LogP contribution in [0.5, 0.6) is 0 Å². The molecule has 1 saturated carbocycles. The number of oxime groups is 1. The van der Waals surface area contributed by atoms with Crippen LogP contribution in [-0.2, 0) is 4.79 Å². The average Bonchev–Trinajstić information content (AvgIpc) is 2.91. The Morgan fingerprint density at radius 2 is 2.00 bits per heavy atom. The Morgan fingerprint density at radius 1 is 1.35 bits per heavy atom. The van der Waals surface area contributed by atoms with Crippen molar-refractivity contribution in [2.45, 2.75) is 39.5 Å². The summed E-state index contributed by atoms with van der Waals surface area (Å²) in [7, 11) is 0. The van der Waals surface area contributed by atoms with Crippen molar-refractivity contribution in [2.24, 2.45) is 16.3 Å². The van der Waals surface area contributed by atoms with E-state index in [2.05, 4.69) is 10.5 Å². The van der Waals surface area contributed by atoms with Crippen molar-refractivity contribution in [3.8, 4) is 0 Å². The molecule has 0 radical (unpaired) electrons. The van der Waals surface area contributed by atoms with Gasteiger partial charge in [-0.05, 0) is 38.3 Å². The molecule has 20 heavy (non-hydrogen) atoms. The number of aryl methyl sites for hydroxylation is 2. The smallest absolute Gasteiger partial charge is 0.238 e. The first-order chi connectivity index (χ1) is 9.49. The lowest BCUT2D eigenvalue weighted by atomic mass is 9.83. The minimum absolute atomic E-state index is 0.0114. The van der Waals surface area contributed by atoms with Crippen molar-refractivity contribution in [3.05, 3.63) is 29.3 Å². The summed E-state index contributed by atoms with van der Waals surface area (Å²) < 4.78 is 0. The van der Waals surface area contributed by atoms with E-state index in [1.807, 2.05) is 32.0 Å². The third kappa shape index (κ3) is 2.48. The number of hydrogen-bond donors (Lipinski definition) is 3. The zero-order valence-corrected chi connectivity index (χ0v) is 11.9. The Bertz CT molecular complexity index is 546. The van der Waals surface area contributed by atoms with Crippen LogP contribution in [0.2, 0.25) is 0 Å². The Hall–Kier alpha value is -2.04. The van der Waals surface area contributed by atoms with E-state index in [4.69, 9.17) is 10.9 Å². The highest BCUT2D eigenvalue weighted by Crippen LogP contribution is 2.39. The highest BCUT2D eigenvalue weighted by atomic mass is 16.4. The molecule has 1 fully saturated rings. The molecule has 0 unspecified atom stereocenters. The largest absolute Gasteiger partial charge is 0.409 e. The van der Waals surface area contributed by atoms with Gasteiger partial charge >= 0.3 is 0 Å². The average molecular weight is 275 g/mol.